The Balaban J connectivity index is 1.52. The Morgan fingerprint density at radius 1 is 0.900 bits per heavy atom. The van der Waals surface area contributed by atoms with E-state index >= 15 is 0 Å². The fourth-order valence-electron chi connectivity index (χ4n) is 3.01. The molecule has 4 aromatic rings. The van der Waals surface area contributed by atoms with Crippen LogP contribution in [-0.2, 0) is 6.54 Å². The summed E-state index contributed by atoms with van der Waals surface area (Å²) in [7, 11) is 0. The molecule has 4 rings (SSSR count). The fraction of sp³-hybridized carbons (Fsp3) is 0.0435. The van der Waals surface area contributed by atoms with E-state index in [9.17, 15) is 9.59 Å². The molecule has 0 radical (unpaired) electrons. The van der Waals surface area contributed by atoms with Crippen LogP contribution in [0.2, 0.25) is 5.02 Å². The first kappa shape index (κ1) is 19.5. The summed E-state index contributed by atoms with van der Waals surface area (Å²) in [4.78, 5) is 29.7. The van der Waals surface area contributed by atoms with E-state index in [-0.39, 0.29) is 11.3 Å². The number of nitrogens with zero attached hydrogens (tertiary/aromatic N) is 3. The summed E-state index contributed by atoms with van der Waals surface area (Å²) in [6.45, 7) is 0.560. The van der Waals surface area contributed by atoms with Gasteiger partial charge in [-0.25, -0.2) is 0 Å². The minimum atomic E-state index is -0.401. The first-order chi connectivity index (χ1) is 14.6. The molecule has 0 saturated carbocycles. The number of hydrogen-bond donors (Lipinski definition) is 1. The predicted octanol–water partition coefficient (Wildman–Crippen LogP) is 4.46. The SMILES string of the molecule is O=C(Nc1ccn(Cc2ccncc2)n1)c1ccccc1C(=O)c1ccc(Cl)cc1. The lowest BCUT2D eigenvalue weighted by molar-refractivity contribution is 0.0996. The molecule has 2 aromatic carbocycles. The van der Waals surface area contributed by atoms with Crippen LogP contribution >= 0.6 is 11.6 Å². The molecule has 30 heavy (non-hydrogen) atoms. The Hall–Kier alpha value is -3.77. The Labute approximate surface area is 178 Å². The molecule has 0 aliphatic heterocycles. The molecule has 1 N–H and O–H groups in total. The summed E-state index contributed by atoms with van der Waals surface area (Å²) in [5.41, 5.74) is 2.10. The van der Waals surface area contributed by atoms with E-state index in [1.54, 1.807) is 77.9 Å². The molecule has 0 unspecified atom stereocenters. The van der Waals surface area contributed by atoms with Gasteiger partial charge in [0.05, 0.1) is 12.1 Å². The number of benzene rings is 2. The zero-order valence-corrected chi connectivity index (χ0v) is 16.6. The lowest BCUT2D eigenvalue weighted by atomic mass is 9.98. The van der Waals surface area contributed by atoms with Crippen molar-refractivity contribution in [3.8, 4) is 0 Å². The molecule has 1 amide bonds. The minimum absolute atomic E-state index is 0.249. The van der Waals surface area contributed by atoms with E-state index in [4.69, 9.17) is 11.6 Å². The molecule has 0 aliphatic rings. The highest BCUT2D eigenvalue weighted by molar-refractivity contribution is 6.30. The summed E-state index contributed by atoms with van der Waals surface area (Å²) < 4.78 is 1.72. The molecular formula is C23H17ClN4O2. The second kappa shape index (κ2) is 8.71. The average Bonchev–Trinajstić information content (AvgIpc) is 3.21. The van der Waals surface area contributed by atoms with Crippen LogP contribution in [0.25, 0.3) is 0 Å². The third-order valence-electron chi connectivity index (χ3n) is 4.50. The van der Waals surface area contributed by atoms with E-state index in [1.807, 2.05) is 12.1 Å². The van der Waals surface area contributed by atoms with Gasteiger partial charge in [0, 0.05) is 40.8 Å². The molecule has 0 atom stereocenters. The number of halogens is 1. The molecule has 2 heterocycles. The number of carbonyl (C=O) groups is 2. The number of amides is 1. The van der Waals surface area contributed by atoms with E-state index in [0.29, 0.717) is 28.5 Å². The smallest absolute Gasteiger partial charge is 0.257 e. The quantitative estimate of drug-likeness (QED) is 0.471. The highest BCUT2D eigenvalue weighted by atomic mass is 35.5. The van der Waals surface area contributed by atoms with Gasteiger partial charge in [0.25, 0.3) is 5.91 Å². The molecule has 0 aliphatic carbocycles. The topological polar surface area (TPSA) is 76.9 Å². The lowest BCUT2D eigenvalue weighted by Gasteiger charge is -2.09. The third kappa shape index (κ3) is 4.45. The van der Waals surface area contributed by atoms with Crippen molar-refractivity contribution in [3.05, 3.63) is 113 Å². The summed E-state index contributed by atoms with van der Waals surface area (Å²) in [5, 5.41) is 7.68. The van der Waals surface area contributed by atoms with Crippen molar-refractivity contribution >= 4 is 29.1 Å². The van der Waals surface area contributed by atoms with Crippen molar-refractivity contribution in [1.82, 2.24) is 14.8 Å². The molecule has 7 heteroatoms. The molecule has 0 bridgehead atoms. The second-order valence-corrected chi connectivity index (χ2v) is 7.03. The second-order valence-electron chi connectivity index (χ2n) is 6.59. The molecular weight excluding hydrogens is 400 g/mol. The highest BCUT2D eigenvalue weighted by Crippen LogP contribution is 2.18. The largest absolute Gasteiger partial charge is 0.305 e. The van der Waals surface area contributed by atoms with Gasteiger partial charge in [0.2, 0.25) is 0 Å². The van der Waals surface area contributed by atoms with Crippen LogP contribution in [-0.4, -0.2) is 26.5 Å². The summed E-state index contributed by atoms with van der Waals surface area (Å²) >= 11 is 5.90. The summed E-state index contributed by atoms with van der Waals surface area (Å²) in [6, 6.07) is 18.8. The predicted molar refractivity (Wildman–Crippen MR) is 115 cm³/mol. The highest BCUT2D eigenvalue weighted by Gasteiger charge is 2.18. The van der Waals surface area contributed by atoms with Gasteiger partial charge in [-0.2, -0.15) is 5.10 Å². The van der Waals surface area contributed by atoms with Crippen molar-refractivity contribution in [2.75, 3.05) is 5.32 Å². The average molecular weight is 417 g/mol. The Morgan fingerprint density at radius 2 is 1.60 bits per heavy atom. The number of aromatic nitrogens is 3. The van der Waals surface area contributed by atoms with Crippen LogP contribution in [0.5, 0.6) is 0 Å². The van der Waals surface area contributed by atoms with Gasteiger partial charge in [0.15, 0.2) is 11.6 Å². The van der Waals surface area contributed by atoms with E-state index in [2.05, 4.69) is 15.4 Å². The molecule has 148 valence electrons. The fourth-order valence-corrected chi connectivity index (χ4v) is 3.14. The number of ketones is 1. The van der Waals surface area contributed by atoms with E-state index < -0.39 is 5.91 Å². The van der Waals surface area contributed by atoms with Crippen LogP contribution < -0.4 is 5.32 Å². The standard InChI is InChI=1S/C23H17ClN4O2/c24-18-7-5-17(6-8-18)22(29)19-3-1-2-4-20(19)23(30)26-21-11-14-28(27-21)15-16-9-12-25-13-10-16/h1-14H,15H2,(H,26,27,30). The molecule has 2 aromatic heterocycles. The Morgan fingerprint density at radius 3 is 2.33 bits per heavy atom. The van der Waals surface area contributed by atoms with Crippen LogP contribution in [0.1, 0.15) is 31.8 Å². The number of rotatable bonds is 6. The van der Waals surface area contributed by atoms with E-state index in [0.717, 1.165) is 5.56 Å². The number of pyridine rings is 1. The number of hydrogen-bond acceptors (Lipinski definition) is 4. The Bertz CT molecular complexity index is 1190. The number of nitrogens with one attached hydrogen (secondary N) is 1. The lowest BCUT2D eigenvalue weighted by Crippen LogP contribution is -2.17. The van der Waals surface area contributed by atoms with Gasteiger partial charge in [0.1, 0.15) is 0 Å². The molecule has 0 fully saturated rings. The number of carbonyl (C=O) groups excluding carboxylic acids is 2. The maximum Gasteiger partial charge on any atom is 0.257 e. The normalized spacial score (nSPS) is 10.6. The van der Waals surface area contributed by atoms with Crippen LogP contribution in [0.4, 0.5) is 5.82 Å². The van der Waals surface area contributed by atoms with Crippen molar-refractivity contribution in [2.45, 2.75) is 6.54 Å². The first-order valence-corrected chi connectivity index (χ1v) is 9.61. The first-order valence-electron chi connectivity index (χ1n) is 9.23. The monoisotopic (exact) mass is 416 g/mol. The number of anilines is 1. The maximum atomic E-state index is 12.9. The zero-order valence-electron chi connectivity index (χ0n) is 15.8. The molecule has 0 saturated heterocycles. The van der Waals surface area contributed by atoms with Gasteiger partial charge in [-0.1, -0.05) is 29.8 Å². The van der Waals surface area contributed by atoms with Crippen molar-refractivity contribution in [1.29, 1.82) is 0 Å². The van der Waals surface area contributed by atoms with Crippen molar-refractivity contribution in [3.63, 3.8) is 0 Å². The zero-order chi connectivity index (χ0) is 20.9. The van der Waals surface area contributed by atoms with Gasteiger partial charge >= 0.3 is 0 Å². The van der Waals surface area contributed by atoms with Gasteiger partial charge in [-0.05, 0) is 48.0 Å². The van der Waals surface area contributed by atoms with Crippen LogP contribution in [0.15, 0.2) is 85.3 Å². The van der Waals surface area contributed by atoms with Crippen molar-refractivity contribution < 1.29 is 9.59 Å². The van der Waals surface area contributed by atoms with Gasteiger partial charge in [-0.15, -0.1) is 0 Å². The molecule has 6 nitrogen and oxygen atoms in total. The van der Waals surface area contributed by atoms with Crippen LogP contribution in [0.3, 0.4) is 0 Å². The maximum absolute atomic E-state index is 12.9. The third-order valence-corrected chi connectivity index (χ3v) is 4.75. The van der Waals surface area contributed by atoms with Gasteiger partial charge in [-0.3, -0.25) is 19.3 Å². The summed E-state index contributed by atoms with van der Waals surface area (Å²) in [5.74, 6) is -0.245. The minimum Gasteiger partial charge on any atom is -0.305 e. The Kier molecular flexibility index (Phi) is 5.68. The summed E-state index contributed by atoms with van der Waals surface area (Å²) in [6.07, 6.45) is 5.22. The van der Waals surface area contributed by atoms with E-state index in [1.165, 1.54) is 0 Å². The van der Waals surface area contributed by atoms with Crippen molar-refractivity contribution in [2.24, 2.45) is 0 Å². The van der Waals surface area contributed by atoms with Gasteiger partial charge < -0.3 is 5.32 Å². The van der Waals surface area contributed by atoms with Crippen LogP contribution in [0, 0.1) is 0 Å². The molecule has 0 spiro atoms.